The SMILES string of the molecule is CS(=O)CCCNC(=O)C1COCC1N. The van der Waals surface area contributed by atoms with Gasteiger partial charge in [0, 0.05) is 35.4 Å². The molecule has 0 spiro atoms. The number of amides is 1. The fourth-order valence-electron chi connectivity index (χ4n) is 1.46. The van der Waals surface area contributed by atoms with Gasteiger partial charge in [0.2, 0.25) is 5.91 Å². The van der Waals surface area contributed by atoms with E-state index in [0.717, 1.165) is 6.42 Å². The summed E-state index contributed by atoms with van der Waals surface area (Å²) in [7, 11) is -0.790. The monoisotopic (exact) mass is 234 g/mol. The number of carbonyl (C=O) groups is 1. The van der Waals surface area contributed by atoms with Crippen LogP contribution in [0.15, 0.2) is 0 Å². The van der Waals surface area contributed by atoms with E-state index in [9.17, 15) is 9.00 Å². The van der Waals surface area contributed by atoms with Crippen LogP contribution in [0.5, 0.6) is 0 Å². The Bertz CT molecular complexity index is 248. The zero-order chi connectivity index (χ0) is 11.3. The Hall–Kier alpha value is -0.460. The maximum absolute atomic E-state index is 11.6. The normalized spacial score (nSPS) is 27.6. The van der Waals surface area contributed by atoms with Crippen LogP contribution in [-0.4, -0.2) is 47.9 Å². The van der Waals surface area contributed by atoms with E-state index in [1.165, 1.54) is 0 Å². The number of nitrogens with one attached hydrogen (secondary N) is 1. The molecule has 0 saturated carbocycles. The summed E-state index contributed by atoms with van der Waals surface area (Å²) in [5.74, 6) is 0.340. The predicted molar refractivity (Wildman–Crippen MR) is 58.8 cm³/mol. The van der Waals surface area contributed by atoms with Crippen LogP contribution in [0.4, 0.5) is 0 Å². The minimum atomic E-state index is -0.790. The molecule has 0 radical (unpaired) electrons. The molecule has 1 fully saturated rings. The maximum atomic E-state index is 11.6. The number of rotatable bonds is 5. The van der Waals surface area contributed by atoms with E-state index in [0.29, 0.717) is 25.5 Å². The minimum absolute atomic E-state index is 0.0538. The number of carbonyl (C=O) groups excluding carboxylic acids is 1. The van der Waals surface area contributed by atoms with Gasteiger partial charge in [0.25, 0.3) is 0 Å². The highest BCUT2D eigenvalue weighted by molar-refractivity contribution is 7.84. The molecular weight excluding hydrogens is 216 g/mol. The molecule has 0 aromatic carbocycles. The quantitative estimate of drug-likeness (QED) is 0.588. The van der Waals surface area contributed by atoms with E-state index in [2.05, 4.69) is 5.32 Å². The van der Waals surface area contributed by atoms with Gasteiger partial charge in [-0.25, -0.2) is 0 Å². The smallest absolute Gasteiger partial charge is 0.227 e. The third kappa shape index (κ3) is 4.27. The lowest BCUT2D eigenvalue weighted by Crippen LogP contribution is -2.41. The number of ether oxygens (including phenoxy) is 1. The first-order valence-corrected chi connectivity index (χ1v) is 6.75. The van der Waals surface area contributed by atoms with Gasteiger partial charge in [-0.05, 0) is 6.42 Å². The number of nitrogens with two attached hydrogens (primary N) is 1. The van der Waals surface area contributed by atoms with Crippen molar-refractivity contribution in [1.82, 2.24) is 5.32 Å². The molecular formula is C9H18N2O3S. The van der Waals surface area contributed by atoms with Crippen LogP contribution in [0.3, 0.4) is 0 Å². The van der Waals surface area contributed by atoms with Crippen LogP contribution in [0.2, 0.25) is 0 Å². The van der Waals surface area contributed by atoms with Crippen molar-refractivity contribution < 1.29 is 13.7 Å². The van der Waals surface area contributed by atoms with Crippen molar-refractivity contribution in [3.63, 3.8) is 0 Å². The van der Waals surface area contributed by atoms with Crippen molar-refractivity contribution in [1.29, 1.82) is 0 Å². The summed E-state index contributed by atoms with van der Waals surface area (Å²) in [6, 6.07) is -0.190. The molecule has 0 aromatic rings. The highest BCUT2D eigenvalue weighted by Gasteiger charge is 2.30. The third-order valence-corrected chi connectivity index (χ3v) is 3.23. The van der Waals surface area contributed by atoms with E-state index < -0.39 is 10.8 Å². The molecule has 88 valence electrons. The maximum Gasteiger partial charge on any atom is 0.227 e. The van der Waals surface area contributed by atoms with E-state index in [4.69, 9.17) is 10.5 Å². The Balaban J connectivity index is 2.15. The van der Waals surface area contributed by atoms with Gasteiger partial charge in [-0.2, -0.15) is 0 Å². The second-order valence-electron chi connectivity index (χ2n) is 3.73. The van der Waals surface area contributed by atoms with Crippen LogP contribution >= 0.6 is 0 Å². The molecule has 1 aliphatic rings. The Labute approximate surface area is 92.2 Å². The standard InChI is InChI=1S/C9H18N2O3S/c1-15(13)4-2-3-11-9(12)7-5-14-6-8(7)10/h7-8H,2-6,10H2,1H3,(H,11,12). The summed E-state index contributed by atoms with van der Waals surface area (Å²) >= 11 is 0. The van der Waals surface area contributed by atoms with Crippen LogP contribution in [0.25, 0.3) is 0 Å². The van der Waals surface area contributed by atoms with Gasteiger partial charge in [-0.3, -0.25) is 9.00 Å². The molecule has 0 aliphatic carbocycles. The first kappa shape index (κ1) is 12.6. The molecule has 15 heavy (non-hydrogen) atoms. The first-order valence-electron chi connectivity index (χ1n) is 5.02. The topological polar surface area (TPSA) is 81.4 Å². The number of hydrogen-bond donors (Lipinski definition) is 2. The zero-order valence-electron chi connectivity index (χ0n) is 8.90. The van der Waals surface area contributed by atoms with Crippen LogP contribution in [0.1, 0.15) is 6.42 Å². The lowest BCUT2D eigenvalue weighted by Gasteiger charge is -2.12. The second-order valence-corrected chi connectivity index (χ2v) is 5.28. The summed E-state index contributed by atoms with van der Waals surface area (Å²) < 4.78 is 15.9. The van der Waals surface area contributed by atoms with Crippen molar-refractivity contribution in [3.05, 3.63) is 0 Å². The minimum Gasteiger partial charge on any atom is -0.379 e. The van der Waals surface area contributed by atoms with Gasteiger partial charge >= 0.3 is 0 Å². The molecule has 1 rings (SSSR count). The molecule has 3 N–H and O–H groups in total. The predicted octanol–water partition coefficient (Wildman–Crippen LogP) is -1.16. The van der Waals surface area contributed by atoms with Gasteiger partial charge in [0.1, 0.15) is 0 Å². The zero-order valence-corrected chi connectivity index (χ0v) is 9.72. The molecule has 3 unspecified atom stereocenters. The van der Waals surface area contributed by atoms with Crippen LogP contribution < -0.4 is 11.1 Å². The van der Waals surface area contributed by atoms with Crippen molar-refractivity contribution >= 4 is 16.7 Å². The highest BCUT2D eigenvalue weighted by atomic mass is 32.2. The average molecular weight is 234 g/mol. The number of hydrogen-bond acceptors (Lipinski definition) is 4. The largest absolute Gasteiger partial charge is 0.379 e. The van der Waals surface area contributed by atoms with Gasteiger partial charge in [0.15, 0.2) is 0 Å². The van der Waals surface area contributed by atoms with Gasteiger partial charge in [-0.15, -0.1) is 0 Å². The fraction of sp³-hybridized carbons (Fsp3) is 0.889. The van der Waals surface area contributed by atoms with Crippen molar-refractivity contribution in [2.75, 3.05) is 31.8 Å². The van der Waals surface area contributed by atoms with Gasteiger partial charge in [0.05, 0.1) is 19.1 Å². The van der Waals surface area contributed by atoms with E-state index in [1.807, 2.05) is 0 Å². The molecule has 1 aliphatic heterocycles. The molecule has 1 saturated heterocycles. The molecule has 3 atom stereocenters. The van der Waals surface area contributed by atoms with Crippen LogP contribution in [0, 0.1) is 5.92 Å². The molecule has 1 amide bonds. The summed E-state index contributed by atoms with van der Waals surface area (Å²) in [5, 5.41) is 2.78. The lowest BCUT2D eigenvalue weighted by atomic mass is 10.0. The summed E-state index contributed by atoms with van der Waals surface area (Å²) in [6.45, 7) is 1.42. The first-order chi connectivity index (χ1) is 7.11. The van der Waals surface area contributed by atoms with Gasteiger partial charge < -0.3 is 15.8 Å². The second kappa shape index (κ2) is 6.19. The Kier molecular flexibility index (Phi) is 5.21. The van der Waals surface area contributed by atoms with Crippen LogP contribution in [-0.2, 0) is 20.3 Å². The molecule has 1 heterocycles. The van der Waals surface area contributed by atoms with E-state index in [1.54, 1.807) is 6.26 Å². The summed E-state index contributed by atoms with van der Waals surface area (Å²) in [6.07, 6.45) is 2.39. The Morgan fingerprint density at radius 2 is 2.33 bits per heavy atom. The van der Waals surface area contributed by atoms with Crippen molar-refractivity contribution in [3.8, 4) is 0 Å². The molecule has 5 nitrogen and oxygen atoms in total. The van der Waals surface area contributed by atoms with E-state index >= 15 is 0 Å². The third-order valence-electron chi connectivity index (χ3n) is 2.37. The Morgan fingerprint density at radius 1 is 1.60 bits per heavy atom. The lowest BCUT2D eigenvalue weighted by molar-refractivity contribution is -0.125. The van der Waals surface area contributed by atoms with E-state index in [-0.39, 0.29) is 17.9 Å². The molecule has 6 heteroatoms. The van der Waals surface area contributed by atoms with Gasteiger partial charge in [-0.1, -0.05) is 0 Å². The van der Waals surface area contributed by atoms with Crippen molar-refractivity contribution in [2.24, 2.45) is 11.7 Å². The Morgan fingerprint density at radius 3 is 2.87 bits per heavy atom. The highest BCUT2D eigenvalue weighted by Crippen LogP contribution is 2.11. The average Bonchev–Trinajstić information content (AvgIpc) is 2.58. The summed E-state index contributed by atoms with van der Waals surface area (Å²) in [5.41, 5.74) is 5.70. The van der Waals surface area contributed by atoms with Crippen molar-refractivity contribution in [2.45, 2.75) is 12.5 Å². The molecule has 0 bridgehead atoms. The summed E-state index contributed by atoms with van der Waals surface area (Å²) in [4.78, 5) is 11.6. The fourth-order valence-corrected chi connectivity index (χ4v) is 2.01. The molecule has 0 aromatic heterocycles.